The Morgan fingerprint density at radius 1 is 1.48 bits per heavy atom. The van der Waals surface area contributed by atoms with Crippen molar-refractivity contribution < 1.29 is 12.8 Å². The third kappa shape index (κ3) is 4.07. The second kappa shape index (κ2) is 7.24. The Bertz CT molecular complexity index is 596. The molecule has 0 saturated carbocycles. The van der Waals surface area contributed by atoms with Gasteiger partial charge in [0.2, 0.25) is 10.0 Å². The van der Waals surface area contributed by atoms with Crippen LogP contribution in [0.2, 0.25) is 5.02 Å². The monoisotopic (exact) mass is 356 g/mol. The number of hydrogen-bond donors (Lipinski definition) is 1. The van der Waals surface area contributed by atoms with E-state index >= 15 is 0 Å². The summed E-state index contributed by atoms with van der Waals surface area (Å²) in [6.45, 7) is 2.71. The van der Waals surface area contributed by atoms with Gasteiger partial charge in [-0.2, -0.15) is 4.31 Å². The van der Waals surface area contributed by atoms with Crippen molar-refractivity contribution in [1.82, 2.24) is 4.31 Å². The van der Waals surface area contributed by atoms with Gasteiger partial charge in [-0.1, -0.05) is 11.6 Å². The molecule has 0 bridgehead atoms. The van der Waals surface area contributed by atoms with E-state index in [4.69, 9.17) is 17.3 Å². The van der Waals surface area contributed by atoms with Gasteiger partial charge in [0, 0.05) is 19.1 Å². The van der Waals surface area contributed by atoms with E-state index in [-0.39, 0.29) is 34.3 Å². The Morgan fingerprint density at radius 3 is 2.71 bits per heavy atom. The maximum atomic E-state index is 13.0. The van der Waals surface area contributed by atoms with Crippen LogP contribution in [0, 0.1) is 11.7 Å². The summed E-state index contributed by atoms with van der Waals surface area (Å²) in [4.78, 5) is -0.0501. The lowest BCUT2D eigenvalue weighted by atomic mass is 9.93. The van der Waals surface area contributed by atoms with Crippen molar-refractivity contribution >= 4 is 34.0 Å². The average molecular weight is 357 g/mol. The summed E-state index contributed by atoms with van der Waals surface area (Å²) in [5, 5.41) is -0.0899. The fourth-order valence-corrected chi connectivity index (χ4v) is 4.49. The van der Waals surface area contributed by atoms with Crippen molar-refractivity contribution in [2.24, 2.45) is 11.7 Å². The lowest BCUT2D eigenvalue weighted by Crippen LogP contribution is -2.45. The van der Waals surface area contributed by atoms with E-state index < -0.39 is 15.8 Å². The number of nitrogens with two attached hydrogens (primary N) is 1. The molecule has 1 fully saturated rings. The largest absolute Gasteiger partial charge is 0.328 e. The van der Waals surface area contributed by atoms with Crippen LogP contribution in [0.1, 0.15) is 19.8 Å². The average Bonchev–Trinajstić information content (AvgIpc) is 2.38. The first-order chi connectivity index (χ1) is 9.32. The molecule has 8 heteroatoms. The molecule has 0 spiro atoms. The van der Waals surface area contributed by atoms with Crippen LogP contribution < -0.4 is 5.73 Å². The van der Waals surface area contributed by atoms with Gasteiger partial charge in [0.15, 0.2) is 0 Å². The molecular formula is C13H19Cl2FN2O2S. The van der Waals surface area contributed by atoms with Crippen molar-refractivity contribution in [2.45, 2.75) is 30.7 Å². The normalized spacial score (nSPS) is 21.6. The first kappa shape index (κ1) is 18.6. The van der Waals surface area contributed by atoms with Crippen LogP contribution in [0.25, 0.3) is 0 Å². The molecular weight excluding hydrogens is 338 g/mol. The van der Waals surface area contributed by atoms with E-state index in [1.54, 1.807) is 0 Å². The van der Waals surface area contributed by atoms with Crippen molar-refractivity contribution in [3.63, 3.8) is 0 Å². The van der Waals surface area contributed by atoms with Crippen LogP contribution in [0.5, 0.6) is 0 Å². The third-order valence-corrected chi connectivity index (χ3v) is 6.02. The van der Waals surface area contributed by atoms with Crippen molar-refractivity contribution in [3.8, 4) is 0 Å². The summed E-state index contributed by atoms with van der Waals surface area (Å²) in [7, 11) is -3.70. The Labute approximate surface area is 135 Å². The lowest BCUT2D eigenvalue weighted by Gasteiger charge is -2.33. The molecule has 0 amide bonds. The minimum atomic E-state index is -3.70. The highest BCUT2D eigenvalue weighted by Gasteiger charge is 2.32. The molecule has 0 radical (unpaired) electrons. The molecule has 4 nitrogen and oxygen atoms in total. The Morgan fingerprint density at radius 2 is 2.14 bits per heavy atom. The van der Waals surface area contributed by atoms with E-state index in [0.717, 1.165) is 25.0 Å². The van der Waals surface area contributed by atoms with Crippen molar-refractivity contribution in [2.75, 3.05) is 13.1 Å². The number of nitrogens with zero attached hydrogens (tertiary/aromatic N) is 1. The summed E-state index contributed by atoms with van der Waals surface area (Å²) < 4.78 is 39.6. The summed E-state index contributed by atoms with van der Waals surface area (Å²) in [6.07, 6.45) is 1.69. The van der Waals surface area contributed by atoms with Gasteiger partial charge in [0.25, 0.3) is 0 Å². The number of halogens is 3. The number of hydrogen-bond acceptors (Lipinski definition) is 3. The van der Waals surface area contributed by atoms with Crippen LogP contribution in [-0.4, -0.2) is 31.9 Å². The van der Waals surface area contributed by atoms with Crippen molar-refractivity contribution in [3.05, 3.63) is 29.0 Å². The molecule has 2 rings (SSSR count). The molecule has 2 unspecified atom stereocenters. The zero-order chi connectivity index (χ0) is 14.9. The molecule has 1 saturated heterocycles. The minimum absolute atomic E-state index is 0. The van der Waals surface area contributed by atoms with Crippen LogP contribution in [-0.2, 0) is 10.0 Å². The number of piperidine rings is 1. The number of rotatable bonds is 3. The van der Waals surface area contributed by atoms with Crippen LogP contribution in [0.3, 0.4) is 0 Å². The van der Waals surface area contributed by atoms with Gasteiger partial charge in [-0.15, -0.1) is 12.4 Å². The smallest absolute Gasteiger partial charge is 0.244 e. The summed E-state index contributed by atoms with van der Waals surface area (Å²) in [6, 6.07) is 3.27. The molecule has 120 valence electrons. The maximum Gasteiger partial charge on any atom is 0.244 e. The zero-order valence-electron chi connectivity index (χ0n) is 11.6. The molecule has 1 aromatic rings. The number of sulfonamides is 1. The predicted molar refractivity (Wildman–Crippen MR) is 83.8 cm³/mol. The van der Waals surface area contributed by atoms with Gasteiger partial charge in [-0.25, -0.2) is 12.8 Å². The maximum absolute atomic E-state index is 13.0. The molecule has 1 aromatic carbocycles. The van der Waals surface area contributed by atoms with Gasteiger partial charge in [-0.3, -0.25) is 0 Å². The predicted octanol–water partition coefficient (Wildman–Crippen LogP) is 2.65. The van der Waals surface area contributed by atoms with E-state index in [2.05, 4.69) is 0 Å². The van der Waals surface area contributed by atoms with Crippen LogP contribution in [0.15, 0.2) is 23.1 Å². The second-order valence-corrected chi connectivity index (χ2v) is 7.51. The molecule has 1 aliphatic rings. The SMILES string of the molecule is CC(N)C1CCCN(S(=O)(=O)c2ccc(F)cc2Cl)C1.Cl. The Hall–Kier alpha value is -0.400. The van der Waals surface area contributed by atoms with Gasteiger partial charge in [-0.05, 0) is 43.9 Å². The topological polar surface area (TPSA) is 63.4 Å². The van der Waals surface area contributed by atoms with Crippen LogP contribution in [0.4, 0.5) is 4.39 Å². The minimum Gasteiger partial charge on any atom is -0.328 e. The summed E-state index contributed by atoms with van der Waals surface area (Å²) in [5.74, 6) is -0.418. The molecule has 1 heterocycles. The molecule has 21 heavy (non-hydrogen) atoms. The molecule has 2 atom stereocenters. The zero-order valence-corrected chi connectivity index (χ0v) is 14.0. The van der Waals surface area contributed by atoms with E-state index in [1.165, 1.54) is 10.4 Å². The van der Waals surface area contributed by atoms with Crippen LogP contribution >= 0.6 is 24.0 Å². The van der Waals surface area contributed by atoms with Gasteiger partial charge < -0.3 is 5.73 Å². The Kier molecular flexibility index (Phi) is 6.43. The molecule has 1 aliphatic heterocycles. The summed E-state index contributed by atoms with van der Waals surface area (Å²) >= 11 is 5.86. The lowest BCUT2D eigenvalue weighted by molar-refractivity contribution is 0.243. The van der Waals surface area contributed by atoms with E-state index in [1.807, 2.05) is 6.92 Å². The fourth-order valence-electron chi connectivity index (χ4n) is 2.44. The standard InChI is InChI=1S/C13H18ClFN2O2S.ClH/c1-9(16)10-3-2-6-17(8-10)20(18,19)13-5-4-11(15)7-12(13)14;/h4-5,7,9-10H,2-3,6,8,16H2,1H3;1H. The highest BCUT2D eigenvalue weighted by atomic mass is 35.5. The van der Waals surface area contributed by atoms with Crippen molar-refractivity contribution in [1.29, 1.82) is 0 Å². The molecule has 2 N–H and O–H groups in total. The first-order valence-electron chi connectivity index (χ1n) is 6.53. The Balaban J connectivity index is 0.00000220. The van der Waals surface area contributed by atoms with E-state index in [9.17, 15) is 12.8 Å². The molecule has 0 aliphatic carbocycles. The van der Waals surface area contributed by atoms with Gasteiger partial charge >= 0.3 is 0 Å². The third-order valence-electron chi connectivity index (χ3n) is 3.68. The highest BCUT2D eigenvalue weighted by Crippen LogP contribution is 2.29. The molecule has 0 aromatic heterocycles. The first-order valence-corrected chi connectivity index (χ1v) is 8.35. The van der Waals surface area contributed by atoms with E-state index in [0.29, 0.717) is 13.1 Å². The summed E-state index contributed by atoms with van der Waals surface area (Å²) in [5.41, 5.74) is 5.86. The quantitative estimate of drug-likeness (QED) is 0.905. The van der Waals surface area contributed by atoms with Gasteiger partial charge in [0.1, 0.15) is 10.7 Å². The number of benzene rings is 1. The second-order valence-electron chi connectivity index (χ2n) is 5.20. The van der Waals surface area contributed by atoms with Gasteiger partial charge in [0.05, 0.1) is 5.02 Å². The highest BCUT2D eigenvalue weighted by molar-refractivity contribution is 7.89. The fraction of sp³-hybridized carbons (Fsp3) is 0.538.